The van der Waals surface area contributed by atoms with Crippen molar-refractivity contribution in [3.63, 3.8) is 0 Å². The molecule has 4 aromatic carbocycles. The number of nitrogens with one attached hydrogen (secondary N) is 1. The van der Waals surface area contributed by atoms with E-state index in [1.807, 2.05) is 0 Å². The summed E-state index contributed by atoms with van der Waals surface area (Å²) in [6, 6.07) is 19.0. The second kappa shape index (κ2) is 10.9. The molecule has 0 aliphatic heterocycles. The minimum Gasteiger partial charge on any atom is -0.478 e. The number of alkyl halides is 3. The van der Waals surface area contributed by atoms with Crippen LogP contribution >= 0.6 is 0 Å². The van der Waals surface area contributed by atoms with Crippen molar-refractivity contribution in [3.8, 4) is 11.1 Å². The second-order valence-electron chi connectivity index (χ2n) is 9.37. The van der Waals surface area contributed by atoms with E-state index in [4.69, 9.17) is 5.11 Å². The smallest absolute Gasteiger partial charge is 0.416 e. The third-order valence-corrected chi connectivity index (χ3v) is 6.69. The summed E-state index contributed by atoms with van der Waals surface area (Å²) in [7, 11) is 0. The maximum atomic E-state index is 14.1. The monoisotopic (exact) mass is 564 g/mol. The van der Waals surface area contributed by atoms with Crippen molar-refractivity contribution in [2.75, 3.05) is 0 Å². The summed E-state index contributed by atoms with van der Waals surface area (Å²) in [6.07, 6.45) is -2.80. The fraction of sp³-hybridized carbons (Fsp3) is 0.0968. The SMILES string of the molecule is O=C(O)c1ccc(CNC(=O)c2ccc(-c3ccc(F)c(F)c3)c3ccn(Cc4ccc(C(F)(F)F)cc4)c23)cc1. The molecule has 0 bridgehead atoms. The Morgan fingerprint density at radius 2 is 1.49 bits per heavy atom. The lowest BCUT2D eigenvalue weighted by molar-refractivity contribution is -0.137. The Hall–Kier alpha value is -4.99. The first-order chi connectivity index (χ1) is 19.5. The summed E-state index contributed by atoms with van der Waals surface area (Å²) >= 11 is 0. The van der Waals surface area contributed by atoms with Gasteiger partial charge in [-0.15, -0.1) is 0 Å². The number of rotatable bonds is 7. The van der Waals surface area contributed by atoms with Gasteiger partial charge in [0.2, 0.25) is 0 Å². The molecule has 41 heavy (non-hydrogen) atoms. The molecule has 0 fully saturated rings. The predicted molar refractivity (Wildman–Crippen MR) is 142 cm³/mol. The van der Waals surface area contributed by atoms with Crippen LogP contribution in [0.15, 0.2) is 91.1 Å². The van der Waals surface area contributed by atoms with Gasteiger partial charge in [-0.05, 0) is 70.8 Å². The highest BCUT2D eigenvalue weighted by Gasteiger charge is 2.30. The Labute approximate surface area is 230 Å². The fourth-order valence-corrected chi connectivity index (χ4v) is 4.59. The summed E-state index contributed by atoms with van der Waals surface area (Å²) in [5, 5.41) is 12.4. The van der Waals surface area contributed by atoms with E-state index in [-0.39, 0.29) is 24.2 Å². The van der Waals surface area contributed by atoms with E-state index in [0.717, 1.165) is 24.3 Å². The number of aromatic nitrogens is 1. The lowest BCUT2D eigenvalue weighted by Crippen LogP contribution is -2.23. The van der Waals surface area contributed by atoms with E-state index in [2.05, 4.69) is 5.32 Å². The Bertz CT molecular complexity index is 1760. The second-order valence-corrected chi connectivity index (χ2v) is 9.37. The third kappa shape index (κ3) is 5.81. The maximum Gasteiger partial charge on any atom is 0.416 e. The highest BCUT2D eigenvalue weighted by atomic mass is 19.4. The molecule has 10 heteroatoms. The Morgan fingerprint density at radius 3 is 2.12 bits per heavy atom. The fourth-order valence-electron chi connectivity index (χ4n) is 4.59. The molecule has 0 unspecified atom stereocenters. The number of fused-ring (bicyclic) bond motifs is 1. The summed E-state index contributed by atoms with van der Waals surface area (Å²) in [6.45, 7) is 0.241. The Kier molecular flexibility index (Phi) is 7.32. The number of carbonyl (C=O) groups excluding carboxylic acids is 1. The molecule has 0 radical (unpaired) electrons. The molecule has 1 aromatic heterocycles. The molecule has 5 rings (SSSR count). The molecule has 1 heterocycles. The van der Waals surface area contributed by atoms with Crippen LogP contribution in [-0.2, 0) is 19.3 Å². The molecule has 1 amide bonds. The molecule has 0 spiro atoms. The number of hydrogen-bond acceptors (Lipinski definition) is 2. The van der Waals surface area contributed by atoms with Crippen molar-refractivity contribution in [3.05, 3.63) is 131 Å². The van der Waals surface area contributed by atoms with Crippen molar-refractivity contribution < 1.29 is 36.6 Å². The van der Waals surface area contributed by atoms with Crippen LogP contribution in [0.2, 0.25) is 0 Å². The molecule has 5 nitrogen and oxygen atoms in total. The lowest BCUT2D eigenvalue weighted by Gasteiger charge is -2.14. The minimum absolute atomic E-state index is 0.102. The quantitative estimate of drug-likeness (QED) is 0.204. The maximum absolute atomic E-state index is 14.1. The van der Waals surface area contributed by atoms with Gasteiger partial charge < -0.3 is 15.0 Å². The normalized spacial score (nSPS) is 11.5. The molecular weight excluding hydrogens is 543 g/mol. The molecule has 0 saturated heterocycles. The van der Waals surface area contributed by atoms with Gasteiger partial charge in [0.1, 0.15) is 0 Å². The standard InChI is InChI=1S/C31H21F5N2O3/c32-26-12-7-21(15-27(26)33)23-10-11-25(29(39)37-16-18-1-5-20(6-2-18)30(40)41)28-24(23)13-14-38(28)17-19-3-8-22(9-4-19)31(34,35)36/h1-15H,16-17H2,(H,37,39)(H,40,41). The number of amides is 1. The van der Waals surface area contributed by atoms with Gasteiger partial charge in [-0.1, -0.05) is 36.4 Å². The molecular formula is C31H21F5N2O3. The third-order valence-electron chi connectivity index (χ3n) is 6.69. The van der Waals surface area contributed by atoms with Crippen molar-refractivity contribution in [1.29, 1.82) is 0 Å². The van der Waals surface area contributed by atoms with E-state index in [9.17, 15) is 31.5 Å². The zero-order chi connectivity index (χ0) is 29.3. The number of carbonyl (C=O) groups is 2. The molecule has 208 valence electrons. The minimum atomic E-state index is -4.47. The van der Waals surface area contributed by atoms with Gasteiger partial charge in [0.05, 0.1) is 22.2 Å². The van der Waals surface area contributed by atoms with Crippen LogP contribution in [0.1, 0.15) is 37.4 Å². The van der Waals surface area contributed by atoms with E-state index >= 15 is 0 Å². The van der Waals surface area contributed by atoms with Crippen LogP contribution in [0.5, 0.6) is 0 Å². The highest BCUT2D eigenvalue weighted by Crippen LogP contribution is 2.34. The number of aromatic carboxylic acids is 1. The van der Waals surface area contributed by atoms with Crippen molar-refractivity contribution in [1.82, 2.24) is 9.88 Å². The van der Waals surface area contributed by atoms with Crippen LogP contribution in [0.3, 0.4) is 0 Å². The number of halogens is 5. The number of carboxylic acid groups (broad SMARTS) is 1. The topological polar surface area (TPSA) is 71.3 Å². The van der Waals surface area contributed by atoms with Crippen molar-refractivity contribution in [2.45, 2.75) is 19.3 Å². The lowest BCUT2D eigenvalue weighted by atomic mass is 9.98. The van der Waals surface area contributed by atoms with E-state index in [1.165, 1.54) is 30.3 Å². The summed E-state index contributed by atoms with van der Waals surface area (Å²) < 4.78 is 68.5. The van der Waals surface area contributed by atoms with Crippen LogP contribution in [-0.4, -0.2) is 21.6 Å². The van der Waals surface area contributed by atoms with Gasteiger partial charge in [0, 0.05) is 24.7 Å². The Morgan fingerprint density at radius 1 is 0.805 bits per heavy atom. The van der Waals surface area contributed by atoms with Crippen molar-refractivity contribution in [2.24, 2.45) is 0 Å². The number of benzene rings is 4. The van der Waals surface area contributed by atoms with Crippen LogP contribution < -0.4 is 5.32 Å². The van der Waals surface area contributed by atoms with Crippen LogP contribution in [0.4, 0.5) is 22.0 Å². The van der Waals surface area contributed by atoms with E-state index < -0.39 is 35.3 Å². The summed E-state index contributed by atoms with van der Waals surface area (Å²) in [4.78, 5) is 24.4. The molecule has 0 atom stereocenters. The zero-order valence-electron chi connectivity index (χ0n) is 21.2. The van der Waals surface area contributed by atoms with Gasteiger partial charge in [0.25, 0.3) is 5.91 Å². The summed E-state index contributed by atoms with van der Waals surface area (Å²) in [5.41, 5.74) is 2.16. The van der Waals surface area contributed by atoms with Crippen LogP contribution in [0.25, 0.3) is 22.0 Å². The first-order valence-electron chi connectivity index (χ1n) is 12.3. The molecule has 0 saturated carbocycles. The van der Waals surface area contributed by atoms with E-state index in [0.29, 0.717) is 33.2 Å². The summed E-state index contributed by atoms with van der Waals surface area (Å²) in [5.74, 6) is -3.56. The zero-order valence-corrected chi connectivity index (χ0v) is 21.2. The van der Waals surface area contributed by atoms with Gasteiger partial charge in [-0.25, -0.2) is 13.6 Å². The molecule has 2 N–H and O–H groups in total. The molecule has 0 aliphatic carbocycles. The number of nitrogens with zero attached hydrogens (tertiary/aromatic N) is 1. The molecule has 0 aliphatic rings. The number of hydrogen-bond donors (Lipinski definition) is 2. The van der Waals surface area contributed by atoms with Gasteiger partial charge >= 0.3 is 12.1 Å². The van der Waals surface area contributed by atoms with Crippen LogP contribution in [0, 0.1) is 11.6 Å². The van der Waals surface area contributed by atoms with Gasteiger partial charge in [0.15, 0.2) is 11.6 Å². The first-order valence-corrected chi connectivity index (χ1v) is 12.3. The number of carboxylic acids is 1. The van der Waals surface area contributed by atoms with Crippen molar-refractivity contribution >= 4 is 22.8 Å². The largest absolute Gasteiger partial charge is 0.478 e. The average Bonchev–Trinajstić information content (AvgIpc) is 3.36. The highest BCUT2D eigenvalue weighted by molar-refractivity contribution is 6.10. The van der Waals surface area contributed by atoms with Gasteiger partial charge in [-0.3, -0.25) is 4.79 Å². The average molecular weight is 565 g/mol. The first kappa shape index (κ1) is 27.6. The van der Waals surface area contributed by atoms with Gasteiger partial charge in [-0.2, -0.15) is 13.2 Å². The van der Waals surface area contributed by atoms with E-state index in [1.54, 1.807) is 41.1 Å². The predicted octanol–water partition coefficient (Wildman–Crippen LogP) is 7.28. The Balaban J connectivity index is 1.52. The molecule has 5 aromatic rings.